The van der Waals surface area contributed by atoms with Crippen LogP contribution >= 0.6 is 0 Å². The van der Waals surface area contributed by atoms with Gasteiger partial charge in [-0.05, 0) is 24.8 Å². The normalized spacial score (nSPS) is 11.4. The third-order valence-electron chi connectivity index (χ3n) is 3.16. The van der Waals surface area contributed by atoms with Crippen molar-refractivity contribution in [1.29, 1.82) is 0 Å². The Balaban J connectivity index is 0.00000220. The molecule has 2 rings (SSSR count). The van der Waals surface area contributed by atoms with Crippen molar-refractivity contribution in [3.8, 4) is 0 Å². The number of aromatic nitrogens is 2. The molecule has 2 aromatic rings. The maximum atomic E-state index is 11.3. The second kappa shape index (κ2) is 7.91. The number of rotatable bonds is 7. The summed E-state index contributed by atoms with van der Waals surface area (Å²) < 4.78 is 1.48. The molecule has 0 amide bonds. The van der Waals surface area contributed by atoms with Crippen LogP contribution in [-0.2, 0) is 11.2 Å². The minimum atomic E-state index is -0.917. The van der Waals surface area contributed by atoms with Gasteiger partial charge >= 0.3 is 5.97 Å². The summed E-state index contributed by atoms with van der Waals surface area (Å²) in [5.41, 5.74) is 1.19. The van der Waals surface area contributed by atoms with Gasteiger partial charge in [-0.15, -0.1) is 4.91 Å². The highest BCUT2D eigenvalue weighted by Crippen LogP contribution is 2.13. The van der Waals surface area contributed by atoms with E-state index in [9.17, 15) is 14.8 Å². The number of aryl methyl sites for hydroxylation is 1. The van der Waals surface area contributed by atoms with Crippen molar-refractivity contribution in [3.63, 3.8) is 0 Å². The third kappa shape index (κ3) is 4.50. The zero-order chi connectivity index (χ0) is 14.4. The van der Waals surface area contributed by atoms with Crippen molar-refractivity contribution in [2.75, 3.05) is 0 Å². The summed E-state index contributed by atoms with van der Waals surface area (Å²) in [6.45, 7) is 0. The first kappa shape index (κ1) is 16.5. The number of hydrogen-bond donors (Lipinski definition) is 2. The van der Waals surface area contributed by atoms with Crippen LogP contribution in [0.25, 0.3) is 0 Å². The van der Waals surface area contributed by atoms with Gasteiger partial charge in [0.2, 0.25) is 6.33 Å². The quantitative estimate of drug-likeness (QED) is 0.600. The molecule has 0 aliphatic carbocycles. The van der Waals surface area contributed by atoms with E-state index < -0.39 is 12.0 Å². The van der Waals surface area contributed by atoms with Crippen LogP contribution in [0.4, 0.5) is 5.82 Å². The Morgan fingerprint density at radius 1 is 1.33 bits per heavy atom. The highest BCUT2D eigenvalue weighted by Gasteiger charge is 2.24. The van der Waals surface area contributed by atoms with E-state index in [-0.39, 0.29) is 11.3 Å². The Hall–Kier alpha value is -2.54. The summed E-state index contributed by atoms with van der Waals surface area (Å²) in [7, 11) is 0. The number of H-pyrrole nitrogens is 1. The largest absolute Gasteiger partial charge is 0.870 e. The van der Waals surface area contributed by atoms with E-state index in [1.165, 1.54) is 22.7 Å². The second-order valence-electron chi connectivity index (χ2n) is 4.56. The third-order valence-corrected chi connectivity index (χ3v) is 3.16. The zero-order valence-corrected chi connectivity index (χ0v) is 11.3. The summed E-state index contributed by atoms with van der Waals surface area (Å²) in [4.78, 5) is 24.3. The molecule has 7 heteroatoms. The molecule has 1 atom stereocenters. The Morgan fingerprint density at radius 3 is 2.62 bits per heavy atom. The fraction of sp³-hybridized carbons (Fsp3) is 0.286. The molecule has 0 saturated heterocycles. The zero-order valence-electron chi connectivity index (χ0n) is 11.3. The molecule has 112 valence electrons. The lowest BCUT2D eigenvalue weighted by molar-refractivity contribution is -0.710. The van der Waals surface area contributed by atoms with Gasteiger partial charge in [-0.1, -0.05) is 30.3 Å². The summed E-state index contributed by atoms with van der Waals surface area (Å²) in [6, 6.07) is 9.24. The Morgan fingerprint density at radius 2 is 2.05 bits per heavy atom. The van der Waals surface area contributed by atoms with E-state index in [0.29, 0.717) is 6.42 Å². The standard InChI is InChI=1S/C14H15N3O3.H2O/c18-14(19)12(17-9-13(16-20)15-10-17)8-4-7-11-5-2-1-3-6-11;/h1-3,5-6,9-10,12H,4,7-8H2,(H,18,19);1H2. The molecule has 1 unspecified atom stereocenters. The number of carbonyl (C=O) groups is 1. The van der Waals surface area contributed by atoms with Crippen molar-refractivity contribution >= 4 is 11.8 Å². The first-order chi connectivity index (χ1) is 9.70. The lowest BCUT2D eigenvalue weighted by Gasteiger charge is -2.08. The molecule has 1 aromatic carbocycles. The van der Waals surface area contributed by atoms with Crippen LogP contribution in [0.15, 0.2) is 48.0 Å². The molecule has 7 nitrogen and oxygen atoms in total. The van der Waals surface area contributed by atoms with Crippen molar-refractivity contribution in [3.05, 3.63) is 53.3 Å². The highest BCUT2D eigenvalue weighted by atomic mass is 16.4. The number of hydrogen-bond acceptors (Lipinski definition) is 4. The minimum absolute atomic E-state index is 0. The van der Waals surface area contributed by atoms with E-state index in [1.54, 1.807) is 0 Å². The van der Waals surface area contributed by atoms with Crippen LogP contribution in [0.3, 0.4) is 0 Å². The molecule has 0 aliphatic rings. The number of aliphatic carboxylic acids is 1. The summed E-state index contributed by atoms with van der Waals surface area (Å²) in [6.07, 6.45) is 4.94. The van der Waals surface area contributed by atoms with Crippen LogP contribution in [0, 0.1) is 4.91 Å². The van der Waals surface area contributed by atoms with Crippen LogP contribution < -0.4 is 4.57 Å². The van der Waals surface area contributed by atoms with Gasteiger partial charge < -0.3 is 10.6 Å². The molecule has 21 heavy (non-hydrogen) atoms. The fourth-order valence-electron chi connectivity index (χ4n) is 2.13. The average Bonchev–Trinajstić information content (AvgIpc) is 2.93. The molecule has 0 bridgehead atoms. The van der Waals surface area contributed by atoms with E-state index >= 15 is 0 Å². The summed E-state index contributed by atoms with van der Waals surface area (Å²) >= 11 is 0. The average molecular weight is 291 g/mol. The van der Waals surface area contributed by atoms with Crippen molar-refractivity contribution in [2.45, 2.75) is 25.3 Å². The molecule has 1 heterocycles. The summed E-state index contributed by atoms with van der Waals surface area (Å²) in [5.74, 6) is -0.793. The first-order valence-electron chi connectivity index (χ1n) is 6.40. The van der Waals surface area contributed by atoms with Gasteiger partial charge in [-0.2, -0.15) is 0 Å². The Bertz CT molecular complexity index is 583. The number of nitrogens with zero attached hydrogens (tertiary/aromatic N) is 2. The Kier molecular flexibility index (Phi) is 6.22. The maximum Gasteiger partial charge on any atom is 0.349 e. The monoisotopic (exact) mass is 291 g/mol. The van der Waals surface area contributed by atoms with Gasteiger partial charge in [-0.3, -0.25) is 0 Å². The number of carboxylic acids is 1. The molecule has 0 aliphatic heterocycles. The van der Waals surface area contributed by atoms with Crippen LogP contribution in [0.2, 0.25) is 0 Å². The van der Waals surface area contributed by atoms with Crippen LogP contribution in [0.1, 0.15) is 24.4 Å². The number of benzene rings is 1. The molecule has 1 aromatic heterocycles. The van der Waals surface area contributed by atoms with Crippen molar-refractivity contribution in [1.82, 2.24) is 4.98 Å². The molecule has 0 saturated carbocycles. The van der Waals surface area contributed by atoms with Crippen LogP contribution in [0.5, 0.6) is 0 Å². The topological polar surface area (TPSA) is 116 Å². The van der Waals surface area contributed by atoms with Gasteiger partial charge in [0.25, 0.3) is 5.82 Å². The lowest BCUT2D eigenvalue weighted by atomic mass is 10.0. The van der Waals surface area contributed by atoms with Gasteiger partial charge in [0.1, 0.15) is 0 Å². The molecule has 0 spiro atoms. The van der Waals surface area contributed by atoms with Gasteiger partial charge in [0, 0.05) is 5.18 Å². The van der Waals surface area contributed by atoms with Gasteiger partial charge in [0.15, 0.2) is 12.2 Å². The lowest BCUT2D eigenvalue weighted by Crippen LogP contribution is -2.42. The van der Waals surface area contributed by atoms with E-state index in [4.69, 9.17) is 0 Å². The molecule has 0 fully saturated rings. The number of nitrogens with one attached hydrogen (secondary N) is 1. The van der Waals surface area contributed by atoms with E-state index in [2.05, 4.69) is 10.2 Å². The molecule has 3 N–H and O–H groups in total. The Labute approximate surface area is 121 Å². The van der Waals surface area contributed by atoms with Crippen molar-refractivity contribution < 1.29 is 19.9 Å². The highest BCUT2D eigenvalue weighted by molar-refractivity contribution is 5.69. The maximum absolute atomic E-state index is 11.3. The van der Waals surface area contributed by atoms with Gasteiger partial charge in [0.05, 0.1) is 0 Å². The van der Waals surface area contributed by atoms with Gasteiger partial charge in [-0.25, -0.2) is 14.3 Å². The number of carboxylic acid groups (broad SMARTS) is 1. The van der Waals surface area contributed by atoms with Crippen molar-refractivity contribution in [2.24, 2.45) is 5.18 Å². The van der Waals surface area contributed by atoms with Crippen LogP contribution in [-0.4, -0.2) is 21.5 Å². The smallest absolute Gasteiger partial charge is 0.349 e. The number of nitroso groups, excluding NO2 is 1. The predicted octanol–water partition coefficient (Wildman–Crippen LogP) is 2.17. The molecular weight excluding hydrogens is 274 g/mol. The SMILES string of the molecule is O=Nc1c[n+](C(CCCc2ccccc2)C(=O)O)c[nH]1.[OH-]. The minimum Gasteiger partial charge on any atom is -0.870 e. The number of imidazole rings is 1. The summed E-state index contributed by atoms with van der Waals surface area (Å²) in [5, 5.41) is 12.0. The predicted molar refractivity (Wildman–Crippen MR) is 74.4 cm³/mol. The molecular formula is C14H17N3O4. The number of aromatic amines is 1. The van der Waals surface area contributed by atoms with E-state index in [1.807, 2.05) is 30.3 Å². The first-order valence-corrected chi connectivity index (χ1v) is 6.40. The fourth-order valence-corrected chi connectivity index (χ4v) is 2.13. The second-order valence-corrected chi connectivity index (χ2v) is 4.56. The molecule has 0 radical (unpaired) electrons. The van der Waals surface area contributed by atoms with E-state index in [0.717, 1.165) is 12.8 Å².